The SMILES string of the molecule is CCNC(C)c1ccc(Oc2cc(C)[nH]n2)cc1. The quantitative estimate of drug-likeness (QED) is 0.850. The highest BCUT2D eigenvalue weighted by Gasteiger charge is 2.05. The second-order valence-corrected chi connectivity index (χ2v) is 4.34. The molecule has 0 spiro atoms. The molecule has 0 saturated heterocycles. The van der Waals surface area contributed by atoms with Crippen LogP contribution in [0, 0.1) is 6.92 Å². The fraction of sp³-hybridized carbons (Fsp3) is 0.357. The standard InChI is InChI=1S/C14H19N3O/c1-4-15-11(3)12-5-7-13(8-6-12)18-14-9-10(2)16-17-14/h5-9,11,15H,4H2,1-3H3,(H,16,17). The van der Waals surface area contributed by atoms with Crippen LogP contribution in [0.2, 0.25) is 0 Å². The summed E-state index contributed by atoms with van der Waals surface area (Å²) in [6.07, 6.45) is 0. The molecule has 0 aliphatic carbocycles. The van der Waals surface area contributed by atoms with E-state index in [2.05, 4.69) is 41.5 Å². The van der Waals surface area contributed by atoms with E-state index < -0.39 is 0 Å². The molecule has 2 rings (SSSR count). The molecular weight excluding hydrogens is 226 g/mol. The van der Waals surface area contributed by atoms with Crippen molar-refractivity contribution in [3.05, 3.63) is 41.6 Å². The maximum Gasteiger partial charge on any atom is 0.238 e. The van der Waals surface area contributed by atoms with Gasteiger partial charge in [0.05, 0.1) is 0 Å². The lowest BCUT2D eigenvalue weighted by atomic mass is 10.1. The Morgan fingerprint density at radius 2 is 2.06 bits per heavy atom. The van der Waals surface area contributed by atoms with E-state index in [-0.39, 0.29) is 0 Å². The van der Waals surface area contributed by atoms with Crippen LogP contribution < -0.4 is 10.1 Å². The molecular formula is C14H19N3O. The number of aromatic nitrogens is 2. The zero-order valence-corrected chi connectivity index (χ0v) is 11.0. The fourth-order valence-corrected chi connectivity index (χ4v) is 1.81. The van der Waals surface area contributed by atoms with E-state index in [4.69, 9.17) is 4.74 Å². The highest BCUT2D eigenvalue weighted by molar-refractivity contribution is 5.31. The molecule has 1 atom stereocenters. The summed E-state index contributed by atoms with van der Waals surface area (Å²) in [5.41, 5.74) is 2.24. The first kappa shape index (κ1) is 12.6. The molecule has 4 heteroatoms. The van der Waals surface area contributed by atoms with E-state index in [1.165, 1.54) is 5.56 Å². The van der Waals surface area contributed by atoms with Crippen LogP contribution in [0.3, 0.4) is 0 Å². The van der Waals surface area contributed by atoms with E-state index in [0.29, 0.717) is 11.9 Å². The summed E-state index contributed by atoms with van der Waals surface area (Å²) in [7, 11) is 0. The van der Waals surface area contributed by atoms with Gasteiger partial charge in [0.1, 0.15) is 5.75 Å². The minimum absolute atomic E-state index is 0.358. The number of rotatable bonds is 5. The third-order valence-electron chi connectivity index (χ3n) is 2.80. The van der Waals surface area contributed by atoms with Crippen molar-refractivity contribution in [3.8, 4) is 11.6 Å². The predicted octanol–water partition coefficient (Wildman–Crippen LogP) is 3.18. The second kappa shape index (κ2) is 5.69. The van der Waals surface area contributed by atoms with E-state index >= 15 is 0 Å². The van der Waals surface area contributed by atoms with E-state index in [0.717, 1.165) is 18.0 Å². The van der Waals surface area contributed by atoms with Crippen LogP contribution in [0.15, 0.2) is 30.3 Å². The number of H-pyrrole nitrogens is 1. The molecule has 0 bridgehead atoms. The first-order valence-corrected chi connectivity index (χ1v) is 6.22. The summed E-state index contributed by atoms with van der Waals surface area (Å²) in [5, 5.41) is 10.3. The molecule has 96 valence electrons. The lowest BCUT2D eigenvalue weighted by Gasteiger charge is -2.12. The number of hydrogen-bond acceptors (Lipinski definition) is 3. The van der Waals surface area contributed by atoms with Gasteiger partial charge in [-0.2, -0.15) is 0 Å². The molecule has 0 aliphatic heterocycles. The van der Waals surface area contributed by atoms with Crippen molar-refractivity contribution < 1.29 is 4.74 Å². The molecule has 0 fully saturated rings. The smallest absolute Gasteiger partial charge is 0.238 e. The first-order valence-electron chi connectivity index (χ1n) is 6.22. The van der Waals surface area contributed by atoms with Crippen LogP contribution in [0.5, 0.6) is 11.6 Å². The van der Waals surface area contributed by atoms with Crippen LogP contribution in [0.1, 0.15) is 31.1 Å². The second-order valence-electron chi connectivity index (χ2n) is 4.34. The molecule has 0 amide bonds. The van der Waals surface area contributed by atoms with E-state index in [1.54, 1.807) is 0 Å². The average Bonchev–Trinajstić information content (AvgIpc) is 2.76. The third kappa shape index (κ3) is 3.11. The molecule has 0 radical (unpaired) electrons. The number of aryl methyl sites for hydroxylation is 1. The number of nitrogens with one attached hydrogen (secondary N) is 2. The van der Waals surface area contributed by atoms with E-state index in [9.17, 15) is 0 Å². The molecule has 18 heavy (non-hydrogen) atoms. The fourth-order valence-electron chi connectivity index (χ4n) is 1.81. The maximum absolute atomic E-state index is 5.63. The topological polar surface area (TPSA) is 49.9 Å². The highest BCUT2D eigenvalue weighted by atomic mass is 16.5. The minimum atomic E-state index is 0.358. The Morgan fingerprint density at radius 1 is 1.33 bits per heavy atom. The largest absolute Gasteiger partial charge is 0.438 e. The van der Waals surface area contributed by atoms with Gasteiger partial charge in [0.25, 0.3) is 0 Å². The Labute approximate surface area is 107 Å². The summed E-state index contributed by atoms with van der Waals surface area (Å²) in [5.74, 6) is 1.40. The Hall–Kier alpha value is -1.81. The number of hydrogen-bond donors (Lipinski definition) is 2. The Morgan fingerprint density at radius 3 is 2.61 bits per heavy atom. The Kier molecular flexibility index (Phi) is 3.99. The number of benzene rings is 1. The average molecular weight is 245 g/mol. The summed E-state index contributed by atoms with van der Waals surface area (Å²) in [4.78, 5) is 0. The zero-order valence-electron chi connectivity index (χ0n) is 11.0. The van der Waals surface area contributed by atoms with Crippen molar-refractivity contribution in [1.29, 1.82) is 0 Å². The van der Waals surface area contributed by atoms with Crippen LogP contribution in [0.25, 0.3) is 0 Å². The van der Waals surface area contributed by atoms with Gasteiger partial charge in [-0.15, -0.1) is 5.10 Å². The zero-order chi connectivity index (χ0) is 13.0. The van der Waals surface area contributed by atoms with Gasteiger partial charge in [0.15, 0.2) is 0 Å². The molecule has 2 N–H and O–H groups in total. The van der Waals surface area contributed by atoms with Crippen LogP contribution in [-0.4, -0.2) is 16.7 Å². The van der Waals surface area contributed by atoms with Crippen molar-refractivity contribution in [2.45, 2.75) is 26.8 Å². The lowest BCUT2D eigenvalue weighted by molar-refractivity contribution is 0.461. The highest BCUT2D eigenvalue weighted by Crippen LogP contribution is 2.22. The Balaban J connectivity index is 2.03. The van der Waals surface area contributed by atoms with Crippen LogP contribution >= 0.6 is 0 Å². The number of ether oxygens (including phenoxy) is 1. The predicted molar refractivity (Wildman–Crippen MR) is 71.9 cm³/mol. The Bertz CT molecular complexity index is 490. The van der Waals surface area contributed by atoms with Gasteiger partial charge in [-0.05, 0) is 38.1 Å². The van der Waals surface area contributed by atoms with E-state index in [1.807, 2.05) is 25.1 Å². The third-order valence-corrected chi connectivity index (χ3v) is 2.80. The first-order chi connectivity index (χ1) is 8.69. The maximum atomic E-state index is 5.63. The van der Waals surface area contributed by atoms with Gasteiger partial charge in [-0.3, -0.25) is 5.10 Å². The number of nitrogens with zero attached hydrogens (tertiary/aromatic N) is 1. The minimum Gasteiger partial charge on any atom is -0.438 e. The van der Waals surface area contributed by atoms with Crippen molar-refractivity contribution in [2.75, 3.05) is 6.54 Å². The molecule has 4 nitrogen and oxygen atoms in total. The molecule has 1 heterocycles. The summed E-state index contributed by atoms with van der Waals surface area (Å²) < 4.78 is 5.63. The molecule has 2 aromatic rings. The molecule has 1 unspecified atom stereocenters. The van der Waals surface area contributed by atoms with Crippen molar-refractivity contribution in [2.24, 2.45) is 0 Å². The molecule has 0 saturated carbocycles. The van der Waals surface area contributed by atoms with Crippen LogP contribution in [0.4, 0.5) is 0 Å². The van der Waals surface area contributed by atoms with Crippen molar-refractivity contribution in [1.82, 2.24) is 15.5 Å². The molecule has 1 aromatic carbocycles. The van der Waals surface area contributed by atoms with Gasteiger partial charge >= 0.3 is 0 Å². The lowest BCUT2D eigenvalue weighted by Crippen LogP contribution is -2.17. The van der Waals surface area contributed by atoms with Gasteiger partial charge in [0, 0.05) is 17.8 Å². The molecule has 0 aliphatic rings. The van der Waals surface area contributed by atoms with Gasteiger partial charge < -0.3 is 10.1 Å². The monoisotopic (exact) mass is 245 g/mol. The van der Waals surface area contributed by atoms with Crippen LogP contribution in [-0.2, 0) is 0 Å². The summed E-state index contributed by atoms with van der Waals surface area (Å²) >= 11 is 0. The van der Waals surface area contributed by atoms with Gasteiger partial charge in [-0.25, -0.2) is 0 Å². The summed E-state index contributed by atoms with van der Waals surface area (Å²) in [6, 6.07) is 10.3. The van der Waals surface area contributed by atoms with Gasteiger partial charge in [-0.1, -0.05) is 19.1 Å². The normalized spacial score (nSPS) is 12.4. The van der Waals surface area contributed by atoms with Crippen molar-refractivity contribution >= 4 is 0 Å². The van der Waals surface area contributed by atoms with Gasteiger partial charge in [0.2, 0.25) is 5.88 Å². The molecule has 1 aromatic heterocycles. The summed E-state index contributed by atoms with van der Waals surface area (Å²) in [6.45, 7) is 7.16. The number of aromatic amines is 1. The van der Waals surface area contributed by atoms with Crippen molar-refractivity contribution in [3.63, 3.8) is 0 Å².